The molecule has 0 aromatic rings. The first kappa shape index (κ1) is 14.5. The van der Waals surface area contributed by atoms with Gasteiger partial charge in [0.25, 0.3) is 0 Å². The van der Waals surface area contributed by atoms with Gasteiger partial charge in [0.05, 0.1) is 6.42 Å². The van der Waals surface area contributed by atoms with Gasteiger partial charge >= 0.3 is 11.9 Å². The predicted octanol–water partition coefficient (Wildman–Crippen LogP) is 0.494. The normalized spacial score (nSPS) is 17.2. The summed E-state index contributed by atoms with van der Waals surface area (Å²) in [6, 6.07) is 0.307. The molecule has 0 bridgehead atoms. The summed E-state index contributed by atoms with van der Waals surface area (Å²) in [5.74, 6) is -0.779. The first-order valence-corrected chi connectivity index (χ1v) is 6.15. The van der Waals surface area contributed by atoms with Gasteiger partial charge in [0.2, 0.25) is 5.91 Å². The highest BCUT2D eigenvalue weighted by molar-refractivity contribution is 5.83. The summed E-state index contributed by atoms with van der Waals surface area (Å²) in [6.07, 6.45) is 0.554. The molecule has 0 aromatic carbocycles. The van der Waals surface area contributed by atoms with Crippen molar-refractivity contribution >= 4 is 17.8 Å². The lowest BCUT2D eigenvalue weighted by Gasteiger charge is -2.06. The Morgan fingerprint density at radius 3 is 2.17 bits per heavy atom. The molecule has 0 N–H and O–H groups in total. The number of carbonyl (C=O) groups excluding carboxylic acids is 3. The number of hydrogen-bond donors (Lipinski definition) is 0. The summed E-state index contributed by atoms with van der Waals surface area (Å²) in [5, 5.41) is 0. The molecule has 6 heteroatoms. The van der Waals surface area contributed by atoms with E-state index in [4.69, 9.17) is 9.47 Å². The Morgan fingerprint density at radius 1 is 1.11 bits per heavy atom. The quantitative estimate of drug-likeness (QED) is 0.377. The fourth-order valence-corrected chi connectivity index (χ4v) is 1.42. The van der Waals surface area contributed by atoms with Crippen molar-refractivity contribution in [3.8, 4) is 0 Å². The molecule has 1 aliphatic rings. The van der Waals surface area contributed by atoms with Gasteiger partial charge < -0.3 is 14.4 Å². The second-order valence-corrected chi connectivity index (χ2v) is 4.19. The number of esters is 2. The molecule has 102 valence electrons. The van der Waals surface area contributed by atoms with Crippen LogP contribution in [0.2, 0.25) is 0 Å². The monoisotopic (exact) mass is 257 g/mol. The van der Waals surface area contributed by atoms with Crippen molar-refractivity contribution in [1.29, 1.82) is 0 Å². The van der Waals surface area contributed by atoms with E-state index < -0.39 is 5.97 Å². The zero-order valence-corrected chi connectivity index (χ0v) is 10.8. The Bertz CT molecular complexity index is 328. The second kappa shape index (κ2) is 6.98. The molecule has 0 aliphatic carbocycles. The Labute approximate surface area is 106 Å². The van der Waals surface area contributed by atoms with E-state index in [0.29, 0.717) is 12.5 Å². The minimum Gasteiger partial charge on any atom is -0.462 e. The molecule has 1 heterocycles. The van der Waals surface area contributed by atoms with E-state index in [-0.39, 0.29) is 37.9 Å². The molecular weight excluding hydrogens is 238 g/mol. The Balaban J connectivity index is 2.00. The molecule has 1 saturated heterocycles. The highest BCUT2D eigenvalue weighted by atomic mass is 16.6. The Hall–Kier alpha value is -1.59. The van der Waals surface area contributed by atoms with Crippen LogP contribution in [0.1, 0.15) is 33.1 Å². The van der Waals surface area contributed by atoms with Crippen molar-refractivity contribution in [3.05, 3.63) is 0 Å². The molecule has 6 nitrogen and oxygen atoms in total. The maximum atomic E-state index is 11.4. The molecule has 1 amide bonds. The zero-order chi connectivity index (χ0) is 13.5. The first-order valence-electron chi connectivity index (χ1n) is 6.15. The summed E-state index contributed by atoms with van der Waals surface area (Å²) in [6.45, 7) is 4.53. The third-order valence-electron chi connectivity index (χ3n) is 2.62. The van der Waals surface area contributed by atoms with Crippen LogP contribution in [0.25, 0.3) is 0 Å². The summed E-state index contributed by atoms with van der Waals surface area (Å²) < 4.78 is 9.57. The van der Waals surface area contributed by atoms with E-state index >= 15 is 0 Å². The van der Waals surface area contributed by atoms with E-state index in [0.717, 1.165) is 6.54 Å². The third-order valence-corrected chi connectivity index (χ3v) is 2.62. The fraction of sp³-hybridized carbons (Fsp3) is 0.750. The molecule has 0 radical (unpaired) electrons. The summed E-state index contributed by atoms with van der Waals surface area (Å²) >= 11 is 0. The SMILES string of the molecule is CCC(=O)OCCOC(=O)CCC(=O)N1CC1C. The van der Waals surface area contributed by atoms with Gasteiger partial charge in [0, 0.05) is 25.4 Å². The topological polar surface area (TPSA) is 72.7 Å². The van der Waals surface area contributed by atoms with E-state index in [1.54, 1.807) is 11.8 Å². The van der Waals surface area contributed by atoms with E-state index in [1.165, 1.54) is 0 Å². The van der Waals surface area contributed by atoms with Gasteiger partial charge in [-0.15, -0.1) is 0 Å². The van der Waals surface area contributed by atoms with Crippen LogP contribution >= 0.6 is 0 Å². The molecule has 0 spiro atoms. The van der Waals surface area contributed by atoms with E-state index in [1.807, 2.05) is 6.92 Å². The molecule has 1 atom stereocenters. The van der Waals surface area contributed by atoms with Gasteiger partial charge in [-0.25, -0.2) is 0 Å². The highest BCUT2D eigenvalue weighted by Gasteiger charge is 2.33. The summed E-state index contributed by atoms with van der Waals surface area (Å²) in [5.41, 5.74) is 0. The molecule has 1 rings (SSSR count). The largest absolute Gasteiger partial charge is 0.462 e. The van der Waals surface area contributed by atoms with Gasteiger partial charge in [0.1, 0.15) is 13.2 Å². The number of nitrogens with zero attached hydrogens (tertiary/aromatic N) is 1. The van der Waals surface area contributed by atoms with Crippen LogP contribution < -0.4 is 0 Å². The number of hydrogen-bond acceptors (Lipinski definition) is 5. The van der Waals surface area contributed by atoms with E-state index in [2.05, 4.69) is 0 Å². The first-order chi connectivity index (χ1) is 8.54. The highest BCUT2D eigenvalue weighted by Crippen LogP contribution is 2.17. The van der Waals surface area contributed by atoms with Gasteiger partial charge in [-0.3, -0.25) is 14.4 Å². The minimum absolute atomic E-state index is 0.0168. The predicted molar refractivity (Wildman–Crippen MR) is 62.6 cm³/mol. The average molecular weight is 257 g/mol. The van der Waals surface area contributed by atoms with Crippen LogP contribution in [-0.2, 0) is 23.9 Å². The molecule has 1 fully saturated rings. The zero-order valence-electron chi connectivity index (χ0n) is 10.8. The fourth-order valence-electron chi connectivity index (χ4n) is 1.42. The molecule has 0 saturated carbocycles. The number of amides is 1. The molecule has 18 heavy (non-hydrogen) atoms. The van der Waals surface area contributed by atoms with Gasteiger partial charge in [0.15, 0.2) is 0 Å². The summed E-state index contributed by atoms with van der Waals surface area (Å²) in [7, 11) is 0. The smallest absolute Gasteiger partial charge is 0.306 e. The van der Waals surface area contributed by atoms with Crippen LogP contribution in [0.3, 0.4) is 0 Å². The van der Waals surface area contributed by atoms with Crippen LogP contribution in [0.15, 0.2) is 0 Å². The van der Waals surface area contributed by atoms with Gasteiger partial charge in [-0.1, -0.05) is 6.92 Å². The molecule has 1 unspecified atom stereocenters. The lowest BCUT2D eigenvalue weighted by molar-refractivity contribution is -0.152. The van der Waals surface area contributed by atoms with Crippen LogP contribution in [0, 0.1) is 0 Å². The van der Waals surface area contributed by atoms with E-state index in [9.17, 15) is 14.4 Å². The molecule has 1 aliphatic heterocycles. The maximum absolute atomic E-state index is 11.4. The standard InChI is InChI=1S/C12H19NO5/c1-3-11(15)17-6-7-18-12(16)5-4-10(14)13-8-9(13)2/h9H,3-8H2,1-2H3. The lowest BCUT2D eigenvalue weighted by Crippen LogP contribution is -2.17. The number of carbonyl (C=O) groups is 3. The average Bonchev–Trinajstić information content (AvgIpc) is 3.08. The van der Waals surface area contributed by atoms with Crippen LogP contribution in [0.5, 0.6) is 0 Å². The Morgan fingerprint density at radius 2 is 1.67 bits per heavy atom. The third kappa shape index (κ3) is 5.16. The summed E-state index contributed by atoms with van der Waals surface area (Å²) in [4.78, 5) is 35.2. The van der Waals surface area contributed by atoms with Crippen molar-refractivity contribution in [2.75, 3.05) is 19.8 Å². The number of rotatable bonds is 7. The molecule has 0 aromatic heterocycles. The van der Waals surface area contributed by atoms with Crippen LogP contribution in [-0.4, -0.2) is 48.5 Å². The van der Waals surface area contributed by atoms with Crippen molar-refractivity contribution in [3.63, 3.8) is 0 Å². The maximum Gasteiger partial charge on any atom is 0.306 e. The second-order valence-electron chi connectivity index (χ2n) is 4.19. The van der Waals surface area contributed by atoms with Gasteiger partial charge in [-0.05, 0) is 6.92 Å². The minimum atomic E-state index is -0.439. The number of ether oxygens (including phenoxy) is 2. The van der Waals surface area contributed by atoms with Gasteiger partial charge in [-0.2, -0.15) is 0 Å². The lowest BCUT2D eigenvalue weighted by atomic mass is 10.3. The van der Waals surface area contributed by atoms with Crippen LogP contribution in [0.4, 0.5) is 0 Å². The van der Waals surface area contributed by atoms with Crippen molar-refractivity contribution in [2.24, 2.45) is 0 Å². The Kier molecular flexibility index (Phi) is 5.61. The molecular formula is C12H19NO5. The van der Waals surface area contributed by atoms with Crippen molar-refractivity contribution in [1.82, 2.24) is 4.90 Å². The van der Waals surface area contributed by atoms with Crippen molar-refractivity contribution in [2.45, 2.75) is 39.2 Å². The van der Waals surface area contributed by atoms with Crippen molar-refractivity contribution < 1.29 is 23.9 Å².